The van der Waals surface area contributed by atoms with Crippen molar-refractivity contribution in [1.82, 2.24) is 9.71 Å². The molecule has 2 rings (SSSR count). The Balaban J connectivity index is 2.32. The molecule has 16 heavy (non-hydrogen) atoms. The first-order chi connectivity index (χ1) is 7.54. The lowest BCUT2D eigenvalue weighted by Crippen LogP contribution is -2.30. The smallest absolute Gasteiger partial charge is 0.243 e. The second-order valence-corrected chi connectivity index (χ2v) is 5.27. The number of sulfonamides is 1. The Morgan fingerprint density at radius 3 is 2.88 bits per heavy atom. The highest BCUT2D eigenvalue weighted by Crippen LogP contribution is 2.22. The summed E-state index contributed by atoms with van der Waals surface area (Å²) in [5.74, 6) is 0. The van der Waals surface area contributed by atoms with E-state index >= 15 is 0 Å². The van der Waals surface area contributed by atoms with Gasteiger partial charge >= 0.3 is 0 Å². The van der Waals surface area contributed by atoms with Gasteiger partial charge in [-0.2, -0.15) is 5.26 Å². The molecule has 0 spiro atoms. The molecule has 3 N–H and O–H groups in total. The Morgan fingerprint density at radius 1 is 1.62 bits per heavy atom. The molecule has 1 heterocycles. The van der Waals surface area contributed by atoms with E-state index < -0.39 is 10.0 Å². The van der Waals surface area contributed by atoms with Crippen LogP contribution in [-0.2, 0) is 10.0 Å². The Labute approximate surface area is 93.1 Å². The number of rotatable bonds is 3. The maximum atomic E-state index is 11.9. The first-order valence-corrected chi connectivity index (χ1v) is 6.16. The molecule has 0 aliphatic heterocycles. The number of hydrogen-bond donors (Lipinski definition) is 2. The van der Waals surface area contributed by atoms with E-state index in [1.165, 1.54) is 18.3 Å². The third-order valence-electron chi connectivity index (χ3n) is 2.31. The van der Waals surface area contributed by atoms with Gasteiger partial charge in [0.1, 0.15) is 11.0 Å². The van der Waals surface area contributed by atoms with Crippen LogP contribution >= 0.6 is 0 Å². The molecule has 0 bridgehead atoms. The third kappa shape index (κ3) is 2.04. The van der Waals surface area contributed by atoms with Gasteiger partial charge in [0, 0.05) is 18.3 Å². The number of nitriles is 1. The van der Waals surface area contributed by atoms with Gasteiger partial charge in [-0.3, -0.25) is 0 Å². The topological polar surface area (TPSA) is 109 Å². The van der Waals surface area contributed by atoms with Crippen molar-refractivity contribution in [3.8, 4) is 6.07 Å². The zero-order valence-corrected chi connectivity index (χ0v) is 9.11. The van der Waals surface area contributed by atoms with Crippen molar-refractivity contribution in [3.05, 3.63) is 24.0 Å². The lowest BCUT2D eigenvalue weighted by molar-refractivity contribution is 0.579. The molecule has 1 aliphatic rings. The summed E-state index contributed by atoms with van der Waals surface area (Å²) in [6.45, 7) is 0. The van der Waals surface area contributed by atoms with E-state index in [0.29, 0.717) is 6.42 Å². The lowest BCUT2D eigenvalue weighted by atomic mass is 10.4. The predicted octanol–water partition coefficient (Wildman–Crippen LogP) is -0.669. The van der Waals surface area contributed by atoms with Gasteiger partial charge in [-0.15, -0.1) is 0 Å². The molecule has 0 saturated heterocycles. The summed E-state index contributed by atoms with van der Waals surface area (Å²) >= 11 is 0. The highest BCUT2D eigenvalue weighted by Gasteiger charge is 2.37. The highest BCUT2D eigenvalue weighted by atomic mass is 32.2. The van der Waals surface area contributed by atoms with Crippen LogP contribution < -0.4 is 10.5 Å². The minimum Gasteiger partial charge on any atom is -0.326 e. The van der Waals surface area contributed by atoms with Crippen LogP contribution in [-0.4, -0.2) is 25.5 Å². The summed E-state index contributed by atoms with van der Waals surface area (Å²) in [5.41, 5.74) is 5.41. The van der Waals surface area contributed by atoms with E-state index in [2.05, 4.69) is 9.71 Å². The van der Waals surface area contributed by atoms with Gasteiger partial charge in [0.2, 0.25) is 10.0 Å². The molecule has 2 atom stereocenters. The molecule has 0 aromatic carbocycles. The van der Waals surface area contributed by atoms with Crippen LogP contribution in [0, 0.1) is 11.3 Å². The van der Waals surface area contributed by atoms with Gasteiger partial charge in [0.05, 0.1) is 0 Å². The fraction of sp³-hybridized carbons (Fsp3) is 0.333. The molecule has 6 nitrogen and oxygen atoms in total. The van der Waals surface area contributed by atoms with Crippen molar-refractivity contribution in [2.45, 2.75) is 23.4 Å². The highest BCUT2D eigenvalue weighted by molar-refractivity contribution is 7.89. The minimum absolute atomic E-state index is 0.100. The van der Waals surface area contributed by atoms with Crippen molar-refractivity contribution in [2.24, 2.45) is 5.73 Å². The predicted molar refractivity (Wildman–Crippen MR) is 55.7 cm³/mol. The van der Waals surface area contributed by atoms with E-state index in [4.69, 9.17) is 11.0 Å². The van der Waals surface area contributed by atoms with Crippen LogP contribution in [0.15, 0.2) is 23.2 Å². The van der Waals surface area contributed by atoms with Gasteiger partial charge < -0.3 is 5.73 Å². The Morgan fingerprint density at radius 2 is 2.31 bits per heavy atom. The van der Waals surface area contributed by atoms with Gasteiger partial charge in [-0.05, 0) is 18.6 Å². The third-order valence-corrected chi connectivity index (χ3v) is 3.83. The largest absolute Gasteiger partial charge is 0.326 e. The summed E-state index contributed by atoms with van der Waals surface area (Å²) in [5, 5.41) is 8.75. The van der Waals surface area contributed by atoms with Gasteiger partial charge in [-0.25, -0.2) is 18.1 Å². The number of pyridine rings is 1. The normalized spacial score (nSPS) is 23.8. The van der Waals surface area contributed by atoms with Crippen LogP contribution in [0.1, 0.15) is 12.1 Å². The molecule has 1 fully saturated rings. The van der Waals surface area contributed by atoms with E-state index in [0.717, 1.165) is 0 Å². The zero-order valence-electron chi connectivity index (χ0n) is 8.29. The van der Waals surface area contributed by atoms with E-state index in [1.807, 2.05) is 0 Å². The molecular formula is C9H10N4O2S. The fourth-order valence-electron chi connectivity index (χ4n) is 1.30. The molecule has 7 heteroatoms. The number of nitrogens with zero attached hydrogens (tertiary/aromatic N) is 2. The van der Waals surface area contributed by atoms with Gasteiger partial charge in [0.15, 0.2) is 5.69 Å². The maximum Gasteiger partial charge on any atom is 0.243 e. The van der Waals surface area contributed by atoms with Crippen molar-refractivity contribution in [3.63, 3.8) is 0 Å². The SMILES string of the molecule is N#Cc1ncccc1S(=O)(=O)NC1CC1N. The molecule has 1 aliphatic carbocycles. The summed E-state index contributed by atoms with van der Waals surface area (Å²) < 4.78 is 26.1. The van der Waals surface area contributed by atoms with Crippen LogP contribution in [0.5, 0.6) is 0 Å². The average Bonchev–Trinajstić information content (AvgIpc) is 2.93. The van der Waals surface area contributed by atoms with E-state index in [-0.39, 0.29) is 22.7 Å². The molecular weight excluding hydrogens is 228 g/mol. The summed E-state index contributed by atoms with van der Waals surface area (Å²) in [6.07, 6.45) is 2.00. The van der Waals surface area contributed by atoms with Crippen molar-refractivity contribution < 1.29 is 8.42 Å². The molecule has 2 unspecified atom stereocenters. The van der Waals surface area contributed by atoms with E-state index in [9.17, 15) is 8.42 Å². The summed E-state index contributed by atoms with van der Waals surface area (Å²) in [7, 11) is -3.69. The second kappa shape index (κ2) is 3.83. The second-order valence-electron chi connectivity index (χ2n) is 3.59. The number of nitrogens with one attached hydrogen (secondary N) is 1. The molecule has 0 radical (unpaired) electrons. The van der Waals surface area contributed by atoms with E-state index in [1.54, 1.807) is 6.07 Å². The Hall–Kier alpha value is -1.49. The van der Waals surface area contributed by atoms with Crippen LogP contribution in [0.4, 0.5) is 0 Å². The first kappa shape index (κ1) is 11.0. The standard InChI is InChI=1S/C9H10N4O2S/c10-5-8-9(2-1-3-12-8)16(14,15)13-7-4-6(7)11/h1-3,6-7,13H,4,11H2. The first-order valence-electron chi connectivity index (χ1n) is 4.67. The van der Waals surface area contributed by atoms with Gasteiger partial charge in [0.25, 0.3) is 0 Å². The minimum atomic E-state index is -3.69. The van der Waals surface area contributed by atoms with Crippen LogP contribution in [0.3, 0.4) is 0 Å². The van der Waals surface area contributed by atoms with Crippen molar-refractivity contribution in [2.75, 3.05) is 0 Å². The number of aromatic nitrogens is 1. The van der Waals surface area contributed by atoms with Crippen molar-refractivity contribution >= 4 is 10.0 Å². The molecule has 1 aromatic heterocycles. The van der Waals surface area contributed by atoms with Gasteiger partial charge in [-0.1, -0.05) is 0 Å². The molecule has 84 valence electrons. The monoisotopic (exact) mass is 238 g/mol. The Kier molecular flexibility index (Phi) is 2.63. The number of nitrogens with two attached hydrogens (primary N) is 1. The fourth-order valence-corrected chi connectivity index (χ4v) is 2.71. The van der Waals surface area contributed by atoms with Crippen molar-refractivity contribution in [1.29, 1.82) is 5.26 Å². The molecule has 0 amide bonds. The zero-order chi connectivity index (χ0) is 11.8. The molecule has 1 saturated carbocycles. The summed E-state index contributed by atoms with van der Waals surface area (Å²) in [6, 6.07) is 4.22. The van der Waals surface area contributed by atoms with Crippen LogP contribution in [0.25, 0.3) is 0 Å². The number of hydrogen-bond acceptors (Lipinski definition) is 5. The summed E-state index contributed by atoms with van der Waals surface area (Å²) in [4.78, 5) is 3.60. The molecule has 1 aromatic rings. The Bertz CT molecular complexity index is 549. The maximum absolute atomic E-state index is 11.9. The quantitative estimate of drug-likeness (QED) is 0.726. The van der Waals surface area contributed by atoms with Crippen LogP contribution in [0.2, 0.25) is 0 Å². The average molecular weight is 238 g/mol. The lowest BCUT2D eigenvalue weighted by Gasteiger charge is -2.06.